The molecule has 2 aromatic carbocycles. The summed E-state index contributed by atoms with van der Waals surface area (Å²) >= 11 is 0. The maximum Gasteiger partial charge on any atom is 0.151 e. The molecule has 37 heavy (non-hydrogen) atoms. The molecular weight excluding hydrogens is 460 g/mol. The van der Waals surface area contributed by atoms with Gasteiger partial charge in [-0.1, -0.05) is 24.6 Å². The molecule has 6 nitrogen and oxygen atoms in total. The van der Waals surface area contributed by atoms with Crippen LogP contribution >= 0.6 is 0 Å². The van der Waals surface area contributed by atoms with Crippen LogP contribution < -0.4 is 9.47 Å². The number of hydrogen-bond donors (Lipinski definition) is 0. The Morgan fingerprint density at radius 1 is 0.946 bits per heavy atom. The molecule has 6 rings (SSSR count). The van der Waals surface area contributed by atoms with E-state index in [2.05, 4.69) is 76.9 Å². The third-order valence-corrected chi connectivity index (χ3v) is 8.24. The van der Waals surface area contributed by atoms with Crippen molar-refractivity contribution < 1.29 is 9.47 Å². The van der Waals surface area contributed by atoms with Crippen LogP contribution in [0.25, 0.3) is 16.8 Å². The van der Waals surface area contributed by atoms with Gasteiger partial charge in [0.1, 0.15) is 24.2 Å². The third-order valence-electron chi connectivity index (χ3n) is 8.24. The zero-order valence-electron chi connectivity index (χ0n) is 22.4. The molecule has 2 saturated heterocycles. The van der Waals surface area contributed by atoms with Gasteiger partial charge in [0.25, 0.3) is 0 Å². The molecule has 0 unspecified atom stereocenters. The van der Waals surface area contributed by atoms with Gasteiger partial charge in [-0.3, -0.25) is 4.57 Å². The van der Waals surface area contributed by atoms with Gasteiger partial charge in [0, 0.05) is 38.3 Å². The Kier molecular flexibility index (Phi) is 7.21. The van der Waals surface area contributed by atoms with E-state index in [9.17, 15) is 0 Å². The summed E-state index contributed by atoms with van der Waals surface area (Å²) in [5, 5.41) is 0. The SMILES string of the molecule is CC(C)N1CCC(Oc2ccc(-c3ccc4c(c3)OCc3nc(CCN5CCCCC5)cn3-4)cc2)CC1. The number of benzene rings is 2. The van der Waals surface area contributed by atoms with Crippen molar-refractivity contribution in [1.29, 1.82) is 0 Å². The highest BCUT2D eigenvalue weighted by Crippen LogP contribution is 2.35. The topological polar surface area (TPSA) is 42.8 Å². The van der Waals surface area contributed by atoms with Crippen LogP contribution in [0.2, 0.25) is 0 Å². The average Bonchev–Trinajstić information content (AvgIpc) is 3.37. The van der Waals surface area contributed by atoms with E-state index in [4.69, 9.17) is 14.5 Å². The summed E-state index contributed by atoms with van der Waals surface area (Å²) in [7, 11) is 0. The van der Waals surface area contributed by atoms with Crippen molar-refractivity contribution in [3.8, 4) is 28.3 Å². The van der Waals surface area contributed by atoms with Gasteiger partial charge in [0.15, 0.2) is 5.82 Å². The Morgan fingerprint density at radius 2 is 1.70 bits per heavy atom. The predicted molar refractivity (Wildman–Crippen MR) is 148 cm³/mol. The number of piperidine rings is 2. The van der Waals surface area contributed by atoms with Crippen molar-refractivity contribution in [2.24, 2.45) is 0 Å². The van der Waals surface area contributed by atoms with E-state index in [1.54, 1.807) is 0 Å². The Labute approximate surface area is 221 Å². The highest BCUT2D eigenvalue weighted by Gasteiger charge is 2.23. The van der Waals surface area contributed by atoms with E-state index in [1.807, 2.05) is 0 Å². The van der Waals surface area contributed by atoms with Crippen molar-refractivity contribution in [3.63, 3.8) is 0 Å². The van der Waals surface area contributed by atoms with Gasteiger partial charge in [-0.15, -0.1) is 0 Å². The smallest absolute Gasteiger partial charge is 0.151 e. The summed E-state index contributed by atoms with van der Waals surface area (Å²) in [5.74, 6) is 2.87. The number of fused-ring (bicyclic) bond motifs is 3. The van der Waals surface area contributed by atoms with Gasteiger partial charge < -0.3 is 19.3 Å². The van der Waals surface area contributed by atoms with Crippen LogP contribution in [-0.2, 0) is 13.0 Å². The van der Waals surface area contributed by atoms with E-state index in [1.165, 1.54) is 37.9 Å². The lowest BCUT2D eigenvalue weighted by atomic mass is 10.0. The molecule has 3 aliphatic rings. The molecule has 0 spiro atoms. The predicted octanol–water partition coefficient (Wildman–Crippen LogP) is 5.71. The number of ether oxygens (including phenoxy) is 2. The van der Waals surface area contributed by atoms with Crippen LogP contribution in [0, 0.1) is 0 Å². The minimum atomic E-state index is 0.312. The summed E-state index contributed by atoms with van der Waals surface area (Å²) in [6.45, 7) is 10.9. The van der Waals surface area contributed by atoms with Crippen molar-refractivity contribution in [3.05, 3.63) is 60.2 Å². The zero-order chi connectivity index (χ0) is 25.2. The average molecular weight is 501 g/mol. The second-order valence-corrected chi connectivity index (χ2v) is 11.1. The maximum absolute atomic E-state index is 6.30. The fourth-order valence-electron chi connectivity index (χ4n) is 5.94. The Bertz CT molecular complexity index is 1190. The first-order chi connectivity index (χ1) is 18.1. The fraction of sp³-hybridized carbons (Fsp3) is 0.516. The van der Waals surface area contributed by atoms with E-state index in [-0.39, 0.29) is 0 Å². The molecular formula is C31H40N4O2. The van der Waals surface area contributed by atoms with Gasteiger partial charge in [-0.05, 0) is 88.0 Å². The molecule has 0 radical (unpaired) electrons. The minimum absolute atomic E-state index is 0.312. The molecule has 0 saturated carbocycles. The molecule has 0 bridgehead atoms. The largest absolute Gasteiger partial charge is 0.490 e. The first kappa shape index (κ1) is 24.5. The van der Waals surface area contributed by atoms with Crippen LogP contribution in [-0.4, -0.2) is 64.2 Å². The summed E-state index contributed by atoms with van der Waals surface area (Å²) in [6.07, 6.45) is 9.74. The van der Waals surface area contributed by atoms with Crippen molar-refractivity contribution in [2.45, 2.75) is 71.1 Å². The molecule has 4 heterocycles. The molecule has 6 heteroatoms. The lowest BCUT2D eigenvalue weighted by Crippen LogP contribution is -2.41. The van der Waals surface area contributed by atoms with Crippen LogP contribution in [0.4, 0.5) is 0 Å². The monoisotopic (exact) mass is 500 g/mol. The maximum atomic E-state index is 6.30. The zero-order valence-corrected chi connectivity index (χ0v) is 22.4. The summed E-state index contributed by atoms with van der Waals surface area (Å²) in [6, 6.07) is 15.6. The standard InChI is InChI=1S/C31H40N4O2/c1-23(2)34-18-13-28(14-19-34)37-27-9-6-24(7-10-27)25-8-11-29-30(20-25)36-22-31-32-26(21-35(29)31)12-17-33-15-4-3-5-16-33/h6-11,20-21,23,28H,3-5,12-19,22H2,1-2H3. The van der Waals surface area contributed by atoms with Gasteiger partial charge in [0.05, 0.1) is 11.4 Å². The van der Waals surface area contributed by atoms with Crippen molar-refractivity contribution >= 4 is 0 Å². The Balaban J connectivity index is 1.10. The number of aromatic nitrogens is 2. The van der Waals surface area contributed by atoms with Crippen LogP contribution in [0.3, 0.4) is 0 Å². The molecule has 196 valence electrons. The number of nitrogens with zero attached hydrogens (tertiary/aromatic N) is 4. The molecule has 0 aliphatic carbocycles. The third kappa shape index (κ3) is 5.55. The minimum Gasteiger partial charge on any atom is -0.490 e. The quantitative estimate of drug-likeness (QED) is 0.416. The second kappa shape index (κ2) is 10.9. The Morgan fingerprint density at radius 3 is 2.46 bits per heavy atom. The van der Waals surface area contributed by atoms with Gasteiger partial charge in [-0.25, -0.2) is 4.98 Å². The molecule has 2 fully saturated rings. The summed E-state index contributed by atoms with van der Waals surface area (Å²) in [5.41, 5.74) is 4.57. The number of hydrogen-bond acceptors (Lipinski definition) is 5. The lowest BCUT2D eigenvalue weighted by molar-refractivity contribution is 0.0843. The van der Waals surface area contributed by atoms with E-state index in [0.29, 0.717) is 18.8 Å². The van der Waals surface area contributed by atoms with Crippen molar-refractivity contribution in [1.82, 2.24) is 19.4 Å². The molecule has 0 amide bonds. The number of likely N-dealkylation sites (tertiary alicyclic amines) is 2. The highest BCUT2D eigenvalue weighted by atomic mass is 16.5. The lowest BCUT2D eigenvalue weighted by Gasteiger charge is -2.34. The van der Waals surface area contributed by atoms with Gasteiger partial charge >= 0.3 is 0 Å². The fourth-order valence-corrected chi connectivity index (χ4v) is 5.94. The molecule has 3 aromatic rings. The first-order valence-electron chi connectivity index (χ1n) is 14.2. The second-order valence-electron chi connectivity index (χ2n) is 11.1. The molecule has 0 atom stereocenters. The number of rotatable bonds is 7. The summed E-state index contributed by atoms with van der Waals surface area (Å²) < 4.78 is 14.7. The highest BCUT2D eigenvalue weighted by molar-refractivity contribution is 5.69. The molecule has 1 aromatic heterocycles. The van der Waals surface area contributed by atoms with Crippen LogP contribution in [0.15, 0.2) is 48.7 Å². The molecule has 0 N–H and O–H groups in total. The summed E-state index contributed by atoms with van der Waals surface area (Å²) in [4.78, 5) is 9.99. The van der Waals surface area contributed by atoms with Crippen molar-refractivity contribution in [2.75, 3.05) is 32.7 Å². The van der Waals surface area contributed by atoms with Crippen LogP contribution in [0.1, 0.15) is 57.5 Å². The first-order valence-corrected chi connectivity index (χ1v) is 14.2. The van der Waals surface area contributed by atoms with E-state index in [0.717, 1.165) is 73.2 Å². The van der Waals surface area contributed by atoms with Gasteiger partial charge in [-0.2, -0.15) is 0 Å². The molecule has 3 aliphatic heterocycles. The number of imidazole rings is 1. The van der Waals surface area contributed by atoms with Gasteiger partial charge in [0.2, 0.25) is 0 Å². The van der Waals surface area contributed by atoms with Crippen LogP contribution in [0.5, 0.6) is 11.5 Å². The normalized spacial score (nSPS) is 18.9. The van der Waals surface area contributed by atoms with E-state index < -0.39 is 0 Å². The Hall–Kier alpha value is -2.83. The van der Waals surface area contributed by atoms with E-state index >= 15 is 0 Å².